The van der Waals surface area contributed by atoms with Gasteiger partial charge in [-0.1, -0.05) is 13.3 Å². The monoisotopic (exact) mass is 345 g/mol. The van der Waals surface area contributed by atoms with Crippen LogP contribution in [0.1, 0.15) is 87.6 Å². The molecule has 5 nitrogen and oxygen atoms in total. The molecule has 3 saturated carbocycles. The maximum absolute atomic E-state index is 12.7. The van der Waals surface area contributed by atoms with Gasteiger partial charge in [-0.15, -0.1) is 0 Å². The van der Waals surface area contributed by atoms with Gasteiger partial charge in [0.15, 0.2) is 5.69 Å². The van der Waals surface area contributed by atoms with E-state index in [1.807, 2.05) is 0 Å². The van der Waals surface area contributed by atoms with E-state index in [1.54, 1.807) is 0 Å². The third kappa shape index (κ3) is 2.90. The molecule has 0 spiro atoms. The molecule has 6 atom stereocenters. The highest BCUT2D eigenvalue weighted by molar-refractivity contribution is 5.92. The summed E-state index contributed by atoms with van der Waals surface area (Å²) in [6.07, 6.45) is 11.3. The van der Waals surface area contributed by atoms with E-state index >= 15 is 0 Å². The largest absolute Gasteiger partial charge is 0.446 e. The average molecular weight is 345 g/mol. The molecule has 3 bridgehead atoms. The number of nitrogens with zero attached hydrogens (tertiary/aromatic N) is 1. The van der Waals surface area contributed by atoms with Crippen molar-refractivity contribution in [1.29, 1.82) is 0 Å². The van der Waals surface area contributed by atoms with Crippen molar-refractivity contribution < 1.29 is 9.21 Å². The van der Waals surface area contributed by atoms with Crippen molar-refractivity contribution in [2.45, 2.75) is 77.3 Å². The predicted molar refractivity (Wildman–Crippen MR) is 95.9 cm³/mol. The van der Waals surface area contributed by atoms with Gasteiger partial charge in [-0.05, 0) is 75.0 Å². The van der Waals surface area contributed by atoms with Gasteiger partial charge in [0.2, 0.25) is 5.89 Å². The number of hydrogen-bond acceptors (Lipinski definition) is 4. The van der Waals surface area contributed by atoms with E-state index in [0.29, 0.717) is 17.0 Å². The van der Waals surface area contributed by atoms with Crippen molar-refractivity contribution in [2.24, 2.45) is 28.9 Å². The van der Waals surface area contributed by atoms with Crippen LogP contribution in [0.3, 0.4) is 0 Å². The topological polar surface area (TPSA) is 81.1 Å². The van der Waals surface area contributed by atoms with E-state index in [0.717, 1.165) is 30.6 Å². The van der Waals surface area contributed by atoms with Gasteiger partial charge in [0.1, 0.15) is 6.26 Å². The highest BCUT2D eigenvalue weighted by Crippen LogP contribution is 2.63. The Hall–Kier alpha value is -1.36. The lowest BCUT2D eigenvalue weighted by Crippen LogP contribution is -2.49. The maximum atomic E-state index is 12.7. The summed E-state index contributed by atoms with van der Waals surface area (Å²) in [5, 5.41) is 3.25. The highest BCUT2D eigenvalue weighted by atomic mass is 16.3. The molecule has 6 unspecified atom stereocenters. The van der Waals surface area contributed by atoms with E-state index in [2.05, 4.69) is 24.1 Å². The molecular formula is C20H31N3O2. The molecule has 1 heterocycles. The summed E-state index contributed by atoms with van der Waals surface area (Å²) in [4.78, 5) is 17.0. The van der Waals surface area contributed by atoms with Crippen LogP contribution in [-0.2, 0) is 0 Å². The molecule has 0 radical (unpaired) electrons. The lowest BCUT2D eigenvalue weighted by Gasteiger charge is -2.46. The van der Waals surface area contributed by atoms with Crippen LogP contribution in [0.2, 0.25) is 0 Å². The second-order valence-corrected chi connectivity index (χ2v) is 8.77. The number of oxazole rings is 1. The number of rotatable bonds is 6. The Labute approximate surface area is 150 Å². The Kier molecular flexibility index (Phi) is 4.38. The first kappa shape index (κ1) is 17.1. The number of carbonyl (C=O) groups excluding carboxylic acids is 1. The zero-order valence-electron chi connectivity index (χ0n) is 15.5. The molecule has 25 heavy (non-hydrogen) atoms. The van der Waals surface area contributed by atoms with Crippen LogP contribution >= 0.6 is 0 Å². The van der Waals surface area contributed by atoms with E-state index in [4.69, 9.17) is 10.2 Å². The van der Waals surface area contributed by atoms with Crippen LogP contribution in [0, 0.1) is 23.2 Å². The number of hydrogen-bond donors (Lipinski definition) is 2. The van der Waals surface area contributed by atoms with E-state index in [-0.39, 0.29) is 18.0 Å². The van der Waals surface area contributed by atoms with E-state index < -0.39 is 0 Å². The highest BCUT2D eigenvalue weighted by Gasteiger charge is 2.56. The molecule has 0 saturated heterocycles. The SMILES string of the molecule is CCCC(N)c1nc(C(=O)NC(C)C23CCC4CC(CC2C4)C3)co1. The smallest absolute Gasteiger partial charge is 0.273 e. The Morgan fingerprint density at radius 3 is 3.04 bits per heavy atom. The molecule has 1 aromatic heterocycles. The fourth-order valence-corrected chi connectivity index (χ4v) is 6.08. The first-order valence-electron chi connectivity index (χ1n) is 10.0. The normalized spacial score (nSPS) is 35.6. The Balaban J connectivity index is 1.44. The molecular weight excluding hydrogens is 314 g/mol. The third-order valence-electron chi connectivity index (χ3n) is 7.28. The molecule has 3 fully saturated rings. The summed E-state index contributed by atoms with van der Waals surface area (Å²) < 4.78 is 5.44. The van der Waals surface area contributed by atoms with Crippen molar-refractivity contribution in [1.82, 2.24) is 10.3 Å². The molecule has 138 valence electrons. The Morgan fingerprint density at radius 2 is 2.24 bits per heavy atom. The number of carbonyl (C=O) groups is 1. The minimum Gasteiger partial charge on any atom is -0.446 e. The third-order valence-corrected chi connectivity index (χ3v) is 7.28. The maximum Gasteiger partial charge on any atom is 0.273 e. The van der Waals surface area contributed by atoms with Gasteiger partial charge >= 0.3 is 0 Å². The van der Waals surface area contributed by atoms with Gasteiger partial charge in [0, 0.05) is 6.04 Å². The molecule has 3 aliphatic carbocycles. The molecule has 5 heteroatoms. The molecule has 3 N–H and O–H groups in total. The number of nitrogens with two attached hydrogens (primary N) is 1. The van der Waals surface area contributed by atoms with E-state index in [9.17, 15) is 4.79 Å². The predicted octanol–water partition coefficient (Wildman–Crippen LogP) is 3.81. The van der Waals surface area contributed by atoms with Crippen molar-refractivity contribution in [3.8, 4) is 0 Å². The summed E-state index contributed by atoms with van der Waals surface area (Å²) in [5.74, 6) is 2.97. The second-order valence-electron chi connectivity index (χ2n) is 8.77. The number of nitrogens with one attached hydrogen (secondary N) is 1. The quantitative estimate of drug-likeness (QED) is 0.821. The van der Waals surface area contributed by atoms with Gasteiger partial charge in [0.25, 0.3) is 5.91 Å². The molecule has 3 aliphatic rings. The number of fused-ring (bicyclic) bond motifs is 2. The molecule has 1 amide bonds. The summed E-state index contributed by atoms with van der Waals surface area (Å²) in [6, 6.07) is -0.0366. The van der Waals surface area contributed by atoms with Gasteiger partial charge in [0.05, 0.1) is 6.04 Å². The lowest BCUT2D eigenvalue weighted by molar-refractivity contribution is 0.0519. The van der Waals surface area contributed by atoms with Crippen LogP contribution < -0.4 is 11.1 Å². The van der Waals surface area contributed by atoms with E-state index in [1.165, 1.54) is 44.8 Å². The fourth-order valence-electron chi connectivity index (χ4n) is 6.08. The standard InChI is InChI=1S/C20H31N3O2/c1-3-4-16(21)19-23-17(11-25-19)18(24)22-12(2)20-6-5-13-7-14(10-20)9-15(20)8-13/h11-16H,3-10,21H2,1-2H3,(H,22,24). The summed E-state index contributed by atoms with van der Waals surface area (Å²) >= 11 is 0. The number of aromatic nitrogens is 1. The lowest BCUT2D eigenvalue weighted by atomic mass is 9.61. The molecule has 1 aromatic rings. The van der Waals surface area contributed by atoms with Crippen molar-refractivity contribution in [2.75, 3.05) is 0 Å². The summed E-state index contributed by atoms with van der Waals surface area (Å²) in [5.41, 5.74) is 6.70. The summed E-state index contributed by atoms with van der Waals surface area (Å²) in [6.45, 7) is 4.27. The van der Waals surface area contributed by atoms with Crippen molar-refractivity contribution >= 4 is 5.91 Å². The van der Waals surface area contributed by atoms with Gasteiger partial charge < -0.3 is 15.5 Å². The molecule has 0 aromatic carbocycles. The Bertz CT molecular complexity index is 643. The van der Waals surface area contributed by atoms with Crippen LogP contribution in [0.15, 0.2) is 10.7 Å². The number of amides is 1. The second kappa shape index (κ2) is 6.42. The molecule has 4 rings (SSSR count). The zero-order valence-corrected chi connectivity index (χ0v) is 15.5. The first-order chi connectivity index (χ1) is 12.0. The van der Waals surface area contributed by atoms with Crippen LogP contribution in [0.4, 0.5) is 0 Å². The van der Waals surface area contributed by atoms with Crippen LogP contribution in [-0.4, -0.2) is 16.9 Å². The Morgan fingerprint density at radius 1 is 1.44 bits per heavy atom. The minimum absolute atomic E-state index is 0.121. The average Bonchev–Trinajstić information content (AvgIpc) is 3.13. The van der Waals surface area contributed by atoms with Gasteiger partial charge in [-0.25, -0.2) is 4.98 Å². The van der Waals surface area contributed by atoms with Crippen molar-refractivity contribution in [3.63, 3.8) is 0 Å². The fraction of sp³-hybridized carbons (Fsp3) is 0.800. The van der Waals surface area contributed by atoms with Gasteiger partial charge in [-0.2, -0.15) is 0 Å². The summed E-state index contributed by atoms with van der Waals surface area (Å²) in [7, 11) is 0. The first-order valence-corrected chi connectivity index (χ1v) is 10.0. The zero-order chi connectivity index (χ0) is 17.6. The minimum atomic E-state index is -0.230. The van der Waals surface area contributed by atoms with Gasteiger partial charge in [-0.3, -0.25) is 4.79 Å². The molecule has 0 aliphatic heterocycles. The van der Waals surface area contributed by atoms with Crippen LogP contribution in [0.25, 0.3) is 0 Å². The van der Waals surface area contributed by atoms with Crippen LogP contribution in [0.5, 0.6) is 0 Å². The van der Waals surface area contributed by atoms with Crippen molar-refractivity contribution in [3.05, 3.63) is 17.8 Å².